The van der Waals surface area contributed by atoms with Crippen LogP contribution in [-0.4, -0.2) is 39.7 Å². The molecule has 0 bridgehead atoms. The molecule has 3 heterocycles. The summed E-state index contributed by atoms with van der Waals surface area (Å²) in [6.45, 7) is 6.15. The molecule has 1 fully saturated rings. The van der Waals surface area contributed by atoms with Crippen molar-refractivity contribution in [2.24, 2.45) is 0 Å². The van der Waals surface area contributed by atoms with E-state index in [9.17, 15) is 14.7 Å². The number of rotatable bonds is 6. The lowest BCUT2D eigenvalue weighted by atomic mass is 10.1. The van der Waals surface area contributed by atoms with E-state index >= 15 is 0 Å². The van der Waals surface area contributed by atoms with E-state index in [0.29, 0.717) is 46.4 Å². The number of aryl methyl sites for hydroxylation is 2. The Bertz CT molecular complexity index is 1440. The average molecular weight is 525 g/mol. The van der Waals surface area contributed by atoms with Crippen LogP contribution in [0.4, 0.5) is 5.69 Å². The van der Waals surface area contributed by atoms with Gasteiger partial charge in [-0.1, -0.05) is 40.8 Å². The van der Waals surface area contributed by atoms with Crippen molar-refractivity contribution in [1.82, 2.24) is 15.1 Å². The predicted molar refractivity (Wildman–Crippen MR) is 137 cm³/mol. The van der Waals surface area contributed by atoms with Crippen LogP contribution in [0.2, 0.25) is 0 Å². The highest BCUT2D eigenvalue weighted by Gasteiger charge is 2.54. The van der Waals surface area contributed by atoms with Gasteiger partial charge in [0.05, 0.1) is 0 Å². The lowest BCUT2D eigenvalue weighted by Gasteiger charge is -2.11. The summed E-state index contributed by atoms with van der Waals surface area (Å²) >= 11 is 2.81. The SMILES string of the molecule is CNc1c(C#Cc2nc3nc(C4(C(=O)O)CC4)sc3s2)noc1C.Cc1ccccc1C(C)OC=O. The topological polar surface area (TPSA) is 127 Å². The maximum Gasteiger partial charge on any atom is 0.316 e. The molecule has 186 valence electrons. The molecular weight excluding hydrogens is 500 g/mol. The maximum atomic E-state index is 11.4. The first-order valence-corrected chi connectivity index (χ1v) is 12.7. The van der Waals surface area contributed by atoms with Gasteiger partial charge in [0.2, 0.25) is 0 Å². The van der Waals surface area contributed by atoms with E-state index in [0.717, 1.165) is 20.8 Å². The molecule has 1 aliphatic carbocycles. The Labute approximate surface area is 215 Å². The molecule has 0 amide bonds. The minimum absolute atomic E-state index is 0.149. The zero-order valence-electron chi connectivity index (χ0n) is 20.1. The third-order valence-corrected chi connectivity index (χ3v) is 8.13. The number of aliphatic carboxylic acids is 1. The van der Waals surface area contributed by atoms with Crippen molar-refractivity contribution >= 4 is 50.5 Å². The maximum absolute atomic E-state index is 11.4. The van der Waals surface area contributed by atoms with Crippen LogP contribution in [0.25, 0.3) is 9.66 Å². The number of hydrogen-bond donors (Lipinski definition) is 2. The van der Waals surface area contributed by atoms with Gasteiger partial charge in [-0.15, -0.1) is 11.3 Å². The lowest BCUT2D eigenvalue weighted by molar-refractivity contribution is -0.140. The Morgan fingerprint density at radius 1 is 1.25 bits per heavy atom. The summed E-state index contributed by atoms with van der Waals surface area (Å²) in [5.74, 6) is 5.78. The van der Waals surface area contributed by atoms with Crippen LogP contribution >= 0.6 is 22.7 Å². The summed E-state index contributed by atoms with van der Waals surface area (Å²) in [5.41, 5.74) is 3.29. The summed E-state index contributed by atoms with van der Waals surface area (Å²) in [4.78, 5) is 30.2. The zero-order valence-corrected chi connectivity index (χ0v) is 21.7. The number of nitrogens with zero attached hydrogens (tertiary/aromatic N) is 3. The molecule has 3 aromatic heterocycles. The Morgan fingerprint density at radius 2 is 2.00 bits per heavy atom. The highest BCUT2D eigenvalue weighted by molar-refractivity contribution is 7.38. The van der Waals surface area contributed by atoms with Gasteiger partial charge in [0.15, 0.2) is 22.1 Å². The molecule has 1 aromatic carbocycles. The van der Waals surface area contributed by atoms with Gasteiger partial charge in [-0.05, 0) is 56.6 Å². The van der Waals surface area contributed by atoms with Crippen LogP contribution in [0.15, 0.2) is 28.8 Å². The molecule has 11 heteroatoms. The molecule has 0 saturated heterocycles. The van der Waals surface area contributed by atoms with Gasteiger partial charge < -0.3 is 19.7 Å². The Hall–Kier alpha value is -3.75. The quantitative estimate of drug-likeness (QED) is 0.269. The minimum Gasteiger partial charge on any atom is -0.481 e. The number of anilines is 1. The standard InChI is InChI=1S/C15H12N4O3S2.C10H12O2/c1-7-10(16-2)8(19-22-7)3-4-9-17-11-12(23-9)24-13(18-11)15(5-6-15)14(20)21;1-8-5-3-4-6-10(8)9(2)12-7-11/h16H,5-6H2,1-2H3,(H,20,21);3-7,9H,1-2H3. The van der Waals surface area contributed by atoms with Crippen LogP contribution in [0.1, 0.15) is 58.5 Å². The van der Waals surface area contributed by atoms with Crippen molar-refractivity contribution in [2.45, 2.75) is 45.1 Å². The van der Waals surface area contributed by atoms with E-state index in [4.69, 9.17) is 9.26 Å². The van der Waals surface area contributed by atoms with Crippen molar-refractivity contribution < 1.29 is 24.0 Å². The van der Waals surface area contributed by atoms with E-state index in [2.05, 4.69) is 32.3 Å². The van der Waals surface area contributed by atoms with Crippen LogP contribution in [0, 0.1) is 25.7 Å². The molecule has 4 aromatic rings. The molecule has 0 radical (unpaired) electrons. The Morgan fingerprint density at radius 3 is 2.61 bits per heavy atom. The second-order valence-electron chi connectivity index (χ2n) is 8.23. The van der Waals surface area contributed by atoms with Crippen molar-refractivity contribution in [3.05, 3.63) is 56.9 Å². The molecule has 1 atom stereocenters. The van der Waals surface area contributed by atoms with Gasteiger partial charge in [0.25, 0.3) is 6.47 Å². The van der Waals surface area contributed by atoms with E-state index in [-0.39, 0.29) is 6.10 Å². The Balaban J connectivity index is 0.000000214. The summed E-state index contributed by atoms with van der Waals surface area (Å²) in [6.07, 6.45) is 1.14. The number of carbonyl (C=O) groups excluding carboxylic acids is 1. The minimum atomic E-state index is -0.801. The molecule has 1 unspecified atom stereocenters. The number of fused-ring (bicyclic) bond motifs is 1. The number of hydrogen-bond acceptors (Lipinski definition) is 10. The third kappa shape index (κ3) is 5.10. The monoisotopic (exact) mass is 524 g/mol. The van der Waals surface area contributed by atoms with Gasteiger partial charge >= 0.3 is 5.97 Å². The number of carbonyl (C=O) groups is 2. The van der Waals surface area contributed by atoms with E-state index < -0.39 is 11.4 Å². The molecule has 1 saturated carbocycles. The fourth-order valence-electron chi connectivity index (χ4n) is 3.61. The number of benzene rings is 1. The highest BCUT2D eigenvalue weighted by Crippen LogP contribution is 2.51. The number of nitrogens with one attached hydrogen (secondary N) is 1. The molecule has 36 heavy (non-hydrogen) atoms. The van der Waals surface area contributed by atoms with E-state index in [1.54, 1.807) is 7.05 Å². The summed E-state index contributed by atoms with van der Waals surface area (Å²) in [6, 6.07) is 7.86. The highest BCUT2D eigenvalue weighted by atomic mass is 32.2. The number of carboxylic acid groups (broad SMARTS) is 1. The van der Waals surface area contributed by atoms with E-state index in [1.807, 2.05) is 45.0 Å². The molecule has 5 rings (SSSR count). The third-order valence-electron chi connectivity index (χ3n) is 5.83. The first-order valence-electron chi connectivity index (χ1n) is 11.1. The van der Waals surface area contributed by atoms with Crippen LogP contribution in [-0.2, 0) is 19.7 Å². The van der Waals surface area contributed by atoms with E-state index in [1.165, 1.54) is 22.7 Å². The fraction of sp³-hybridized carbons (Fsp3) is 0.320. The number of ether oxygens (including phenoxy) is 1. The largest absolute Gasteiger partial charge is 0.481 e. The van der Waals surface area contributed by atoms with Crippen LogP contribution in [0.3, 0.4) is 0 Å². The van der Waals surface area contributed by atoms with Crippen molar-refractivity contribution in [2.75, 3.05) is 12.4 Å². The van der Waals surface area contributed by atoms with Crippen molar-refractivity contribution in [3.63, 3.8) is 0 Å². The Kier molecular flexibility index (Phi) is 7.37. The zero-order chi connectivity index (χ0) is 25.9. The molecule has 2 N–H and O–H groups in total. The fourth-order valence-corrected chi connectivity index (χ4v) is 5.82. The molecular formula is C25H24N4O5S2. The van der Waals surface area contributed by atoms with Gasteiger partial charge in [-0.3, -0.25) is 9.59 Å². The second kappa shape index (κ2) is 10.5. The van der Waals surface area contributed by atoms with Gasteiger partial charge in [-0.2, -0.15) is 0 Å². The molecule has 0 aliphatic heterocycles. The predicted octanol–water partition coefficient (Wildman–Crippen LogP) is 4.84. The van der Waals surface area contributed by atoms with Gasteiger partial charge in [0, 0.05) is 7.05 Å². The number of thiazole rings is 2. The lowest BCUT2D eigenvalue weighted by Crippen LogP contribution is -2.18. The van der Waals surface area contributed by atoms with Gasteiger partial charge in [-0.25, -0.2) is 9.97 Å². The number of aromatic nitrogens is 3. The van der Waals surface area contributed by atoms with Gasteiger partial charge in [0.1, 0.15) is 26.2 Å². The van der Waals surface area contributed by atoms with Crippen LogP contribution in [0.5, 0.6) is 0 Å². The number of carboxylic acids is 1. The first kappa shape index (κ1) is 25.3. The smallest absolute Gasteiger partial charge is 0.316 e. The van der Waals surface area contributed by atoms with Crippen molar-refractivity contribution in [3.8, 4) is 11.8 Å². The summed E-state index contributed by atoms with van der Waals surface area (Å²) in [5, 5.41) is 17.5. The molecule has 0 spiro atoms. The first-order chi connectivity index (χ1) is 17.3. The summed E-state index contributed by atoms with van der Waals surface area (Å²) < 4.78 is 10.8. The normalized spacial score (nSPS) is 14.1. The van der Waals surface area contributed by atoms with Crippen molar-refractivity contribution in [1.29, 1.82) is 0 Å². The average Bonchev–Trinajstić information content (AvgIpc) is 3.27. The molecule has 1 aliphatic rings. The molecule has 9 nitrogen and oxygen atoms in total. The second-order valence-corrected chi connectivity index (χ2v) is 10.5. The summed E-state index contributed by atoms with van der Waals surface area (Å²) in [7, 11) is 1.78. The van der Waals surface area contributed by atoms with Crippen LogP contribution < -0.4 is 5.32 Å².